The highest BCUT2D eigenvalue weighted by Crippen LogP contribution is 2.31. The van der Waals surface area contributed by atoms with E-state index in [1.807, 2.05) is 68.4 Å². The number of para-hydroxylation sites is 1. The summed E-state index contributed by atoms with van der Waals surface area (Å²) in [6.45, 7) is 4.42. The smallest absolute Gasteiger partial charge is 0.262 e. The van der Waals surface area contributed by atoms with Crippen molar-refractivity contribution >= 4 is 21.8 Å². The summed E-state index contributed by atoms with van der Waals surface area (Å²) in [7, 11) is -3.16. The van der Waals surface area contributed by atoms with Crippen LogP contribution in [0.3, 0.4) is 0 Å². The number of nitrogens with one attached hydrogen (secondary N) is 1. The Morgan fingerprint density at radius 2 is 2.06 bits per heavy atom. The molecule has 1 atom stereocenters. The van der Waals surface area contributed by atoms with Gasteiger partial charge in [0.05, 0.1) is 23.8 Å². The molecule has 0 radical (unpaired) electrons. The molecule has 3 aromatic rings. The number of aryl methyl sites for hydroxylation is 1. The molecule has 4 rings (SSSR count). The van der Waals surface area contributed by atoms with Crippen molar-refractivity contribution in [3.63, 3.8) is 0 Å². The lowest BCUT2D eigenvalue weighted by Crippen LogP contribution is -2.36. The average Bonchev–Trinajstić information content (AvgIpc) is 3.40. The molecule has 0 spiro atoms. The van der Waals surface area contributed by atoms with E-state index in [0.29, 0.717) is 24.3 Å². The third-order valence-electron chi connectivity index (χ3n) is 5.76. The first kappa shape index (κ1) is 24.2. The Balaban J connectivity index is 1.74. The lowest BCUT2D eigenvalue weighted by Gasteiger charge is -2.10. The molecule has 2 aromatic carbocycles. The second kappa shape index (κ2) is 10.2. The van der Waals surface area contributed by atoms with E-state index in [1.165, 1.54) is 6.08 Å². The van der Waals surface area contributed by atoms with Gasteiger partial charge in [0.25, 0.3) is 5.91 Å². The van der Waals surface area contributed by atoms with Gasteiger partial charge in [0.2, 0.25) is 0 Å². The molecule has 8 nitrogen and oxygen atoms in total. The topological polar surface area (TPSA) is 114 Å². The molecule has 1 aromatic heterocycles. The van der Waals surface area contributed by atoms with Crippen molar-refractivity contribution in [1.29, 1.82) is 5.26 Å². The number of carbonyl (C=O) groups is 1. The Morgan fingerprint density at radius 3 is 2.69 bits per heavy atom. The number of rotatable bonds is 7. The van der Waals surface area contributed by atoms with Gasteiger partial charge < -0.3 is 10.1 Å². The van der Waals surface area contributed by atoms with E-state index in [9.17, 15) is 18.5 Å². The average molecular weight is 491 g/mol. The van der Waals surface area contributed by atoms with Crippen LogP contribution in [0.2, 0.25) is 0 Å². The van der Waals surface area contributed by atoms with Crippen LogP contribution in [-0.2, 0) is 14.6 Å². The fourth-order valence-electron chi connectivity index (χ4n) is 4.05. The number of benzene rings is 2. The van der Waals surface area contributed by atoms with Crippen LogP contribution >= 0.6 is 0 Å². The summed E-state index contributed by atoms with van der Waals surface area (Å²) >= 11 is 0. The predicted octanol–water partition coefficient (Wildman–Crippen LogP) is 3.46. The lowest BCUT2D eigenvalue weighted by atomic mass is 10.0. The monoisotopic (exact) mass is 490 g/mol. The maximum Gasteiger partial charge on any atom is 0.262 e. The number of sulfone groups is 1. The highest BCUT2D eigenvalue weighted by molar-refractivity contribution is 7.91. The van der Waals surface area contributed by atoms with Crippen LogP contribution in [0.1, 0.15) is 24.5 Å². The molecule has 1 N–H and O–H groups in total. The molecule has 0 aliphatic carbocycles. The van der Waals surface area contributed by atoms with Gasteiger partial charge in [-0.25, -0.2) is 13.1 Å². The van der Waals surface area contributed by atoms with Gasteiger partial charge in [-0.2, -0.15) is 10.4 Å². The van der Waals surface area contributed by atoms with Gasteiger partial charge in [0.1, 0.15) is 23.1 Å². The Hall–Kier alpha value is -3.90. The lowest BCUT2D eigenvalue weighted by molar-refractivity contribution is -0.117. The first-order valence-electron chi connectivity index (χ1n) is 11.3. The molecule has 1 unspecified atom stereocenters. The van der Waals surface area contributed by atoms with Crippen molar-refractivity contribution in [3.8, 4) is 28.8 Å². The van der Waals surface area contributed by atoms with E-state index in [4.69, 9.17) is 9.84 Å². The summed E-state index contributed by atoms with van der Waals surface area (Å²) in [6, 6.07) is 16.7. The van der Waals surface area contributed by atoms with Crippen molar-refractivity contribution in [2.75, 3.05) is 18.1 Å². The van der Waals surface area contributed by atoms with E-state index in [2.05, 4.69) is 5.32 Å². The fraction of sp³-hybridized carbons (Fsp3) is 0.269. The number of carbonyl (C=O) groups excluding carboxylic acids is 1. The highest BCUT2D eigenvalue weighted by Gasteiger charge is 2.29. The minimum Gasteiger partial charge on any atom is -0.494 e. The molecule has 1 aliphatic heterocycles. The Kier molecular flexibility index (Phi) is 7.03. The molecule has 180 valence electrons. The van der Waals surface area contributed by atoms with E-state index < -0.39 is 21.8 Å². The predicted molar refractivity (Wildman–Crippen MR) is 134 cm³/mol. The van der Waals surface area contributed by atoms with Gasteiger partial charge in [-0.3, -0.25) is 4.79 Å². The van der Waals surface area contributed by atoms with Crippen molar-refractivity contribution in [3.05, 3.63) is 71.4 Å². The molecular weight excluding hydrogens is 464 g/mol. The number of hydrogen-bond acceptors (Lipinski definition) is 6. The third kappa shape index (κ3) is 5.61. The summed E-state index contributed by atoms with van der Waals surface area (Å²) in [5.74, 6) is 0.0718. The van der Waals surface area contributed by atoms with Crippen LogP contribution in [0.5, 0.6) is 5.75 Å². The van der Waals surface area contributed by atoms with Crippen LogP contribution < -0.4 is 10.1 Å². The first-order valence-corrected chi connectivity index (χ1v) is 13.1. The van der Waals surface area contributed by atoms with Gasteiger partial charge in [0, 0.05) is 23.4 Å². The molecule has 9 heteroatoms. The SMILES string of the molecule is CCOc1ccc(-c2nn(-c3ccccc3)cc2/C=C(\C#N)C(=O)NC2CCS(=O)(=O)C2)c(C)c1. The van der Waals surface area contributed by atoms with Crippen LogP contribution in [0.4, 0.5) is 0 Å². The molecule has 1 amide bonds. The minimum atomic E-state index is -3.16. The standard InChI is InChI=1S/C26H26N4O4S/c1-3-34-23-9-10-24(18(2)13-23)25-20(16-30(29-25)22-7-5-4-6-8-22)14-19(15-27)26(31)28-21-11-12-35(32,33)17-21/h4-10,13-14,16,21H,3,11-12,17H2,1-2H3,(H,28,31)/b19-14+. The molecule has 0 saturated carbocycles. The van der Waals surface area contributed by atoms with Gasteiger partial charge in [-0.1, -0.05) is 18.2 Å². The van der Waals surface area contributed by atoms with Gasteiger partial charge in [-0.05, 0) is 62.2 Å². The largest absolute Gasteiger partial charge is 0.494 e. The summed E-state index contributed by atoms with van der Waals surface area (Å²) in [5, 5.41) is 17.2. The number of amides is 1. The molecule has 0 bridgehead atoms. The first-order chi connectivity index (χ1) is 16.8. The molecule has 1 fully saturated rings. The Labute approximate surface area is 204 Å². The Bertz CT molecular complexity index is 1420. The number of aromatic nitrogens is 2. The normalized spacial score (nSPS) is 17.1. The molecule has 1 aliphatic rings. The van der Waals surface area contributed by atoms with Crippen molar-refractivity contribution < 1.29 is 17.9 Å². The zero-order valence-corrected chi connectivity index (χ0v) is 20.4. The Morgan fingerprint density at radius 1 is 1.29 bits per heavy atom. The van der Waals surface area contributed by atoms with E-state index in [0.717, 1.165) is 22.6 Å². The zero-order valence-electron chi connectivity index (χ0n) is 19.6. The van der Waals surface area contributed by atoms with Gasteiger partial charge >= 0.3 is 0 Å². The van der Waals surface area contributed by atoms with Crippen LogP contribution in [0.15, 0.2) is 60.3 Å². The zero-order chi connectivity index (χ0) is 25.0. The molecule has 1 saturated heterocycles. The van der Waals surface area contributed by atoms with Gasteiger partial charge in [-0.15, -0.1) is 0 Å². The van der Waals surface area contributed by atoms with Crippen LogP contribution in [0.25, 0.3) is 23.0 Å². The summed E-state index contributed by atoms with van der Waals surface area (Å²) in [4.78, 5) is 12.8. The van der Waals surface area contributed by atoms with Crippen molar-refractivity contribution in [2.24, 2.45) is 0 Å². The van der Waals surface area contributed by atoms with Crippen LogP contribution in [-0.4, -0.2) is 48.3 Å². The van der Waals surface area contributed by atoms with Gasteiger partial charge in [0.15, 0.2) is 9.84 Å². The number of ether oxygens (including phenoxy) is 1. The fourth-order valence-corrected chi connectivity index (χ4v) is 5.72. The number of hydrogen-bond donors (Lipinski definition) is 1. The second-order valence-electron chi connectivity index (χ2n) is 8.37. The van der Waals surface area contributed by atoms with Crippen molar-refractivity contribution in [2.45, 2.75) is 26.3 Å². The molecule has 35 heavy (non-hydrogen) atoms. The van der Waals surface area contributed by atoms with E-state index in [1.54, 1.807) is 10.9 Å². The summed E-state index contributed by atoms with van der Waals surface area (Å²) in [5.41, 5.74) is 3.69. The maximum absolute atomic E-state index is 12.8. The summed E-state index contributed by atoms with van der Waals surface area (Å²) < 4.78 is 30.8. The quantitative estimate of drug-likeness (QED) is 0.401. The van der Waals surface area contributed by atoms with E-state index >= 15 is 0 Å². The minimum absolute atomic E-state index is 0.0363. The molecular formula is C26H26N4O4S. The van der Waals surface area contributed by atoms with Crippen LogP contribution in [0, 0.1) is 18.3 Å². The summed E-state index contributed by atoms with van der Waals surface area (Å²) in [6.07, 6.45) is 3.61. The van der Waals surface area contributed by atoms with Crippen molar-refractivity contribution in [1.82, 2.24) is 15.1 Å². The maximum atomic E-state index is 12.8. The van der Waals surface area contributed by atoms with E-state index in [-0.39, 0.29) is 17.1 Å². The number of nitrogens with zero attached hydrogens (tertiary/aromatic N) is 3. The molecule has 2 heterocycles. The third-order valence-corrected chi connectivity index (χ3v) is 7.53. The second-order valence-corrected chi connectivity index (χ2v) is 10.6. The number of nitriles is 1. The highest BCUT2D eigenvalue weighted by atomic mass is 32.2.